The largest absolute Gasteiger partial charge is 0.461 e. The van der Waals surface area contributed by atoms with Gasteiger partial charge in [0, 0.05) is 0 Å². The van der Waals surface area contributed by atoms with Gasteiger partial charge < -0.3 is 9.47 Å². The van der Waals surface area contributed by atoms with Gasteiger partial charge in [-0.2, -0.15) is 0 Å². The number of hydrogen-bond acceptors (Lipinski definition) is 5. The van der Waals surface area contributed by atoms with Crippen LogP contribution in [0, 0.1) is 0 Å². The maximum atomic E-state index is 11.9. The molecule has 0 unspecified atom stereocenters. The highest BCUT2D eigenvalue weighted by molar-refractivity contribution is 5.91. The normalized spacial score (nSPS) is 10.6. The van der Waals surface area contributed by atoms with Gasteiger partial charge in [0.25, 0.3) is 0 Å². The Kier molecular flexibility index (Phi) is 8.95. The van der Waals surface area contributed by atoms with Crippen molar-refractivity contribution in [3.05, 3.63) is 29.6 Å². The predicted molar refractivity (Wildman–Crippen MR) is 88.4 cm³/mol. The Bertz CT molecular complexity index is 500. The summed E-state index contributed by atoms with van der Waals surface area (Å²) in [6.07, 6.45) is 6.55. The molecule has 0 bridgehead atoms. The van der Waals surface area contributed by atoms with Crippen molar-refractivity contribution < 1.29 is 19.1 Å². The van der Waals surface area contributed by atoms with E-state index in [1.165, 1.54) is 37.8 Å². The Morgan fingerprint density at radius 2 is 1.61 bits per heavy atom. The van der Waals surface area contributed by atoms with E-state index < -0.39 is 11.9 Å². The zero-order valence-corrected chi connectivity index (χ0v) is 14.3. The van der Waals surface area contributed by atoms with Crippen molar-refractivity contribution in [2.24, 2.45) is 0 Å². The molecule has 0 aromatic carbocycles. The second kappa shape index (κ2) is 10.8. The average Bonchev–Trinajstić information content (AvgIpc) is 2.53. The van der Waals surface area contributed by atoms with Crippen LogP contribution in [0.4, 0.5) is 0 Å². The summed E-state index contributed by atoms with van der Waals surface area (Å²) < 4.78 is 10.3. The first kappa shape index (κ1) is 19.1. The molecule has 0 fully saturated rings. The minimum absolute atomic E-state index is 0.118. The number of unbranched alkanes of at least 4 members (excludes halogenated alkanes) is 5. The highest BCUT2D eigenvalue weighted by Crippen LogP contribution is 2.07. The number of ether oxygens (including phenoxy) is 2. The number of nitrogens with zero attached hydrogens (tertiary/aromatic N) is 1. The van der Waals surface area contributed by atoms with Gasteiger partial charge in [-0.3, -0.25) is 0 Å². The van der Waals surface area contributed by atoms with Gasteiger partial charge in [0.05, 0.1) is 12.7 Å². The van der Waals surface area contributed by atoms with Gasteiger partial charge in [0.1, 0.15) is 11.4 Å². The number of rotatable bonds is 10. The topological polar surface area (TPSA) is 65.5 Å². The highest BCUT2D eigenvalue weighted by atomic mass is 16.5. The average molecular weight is 321 g/mol. The number of esters is 2. The van der Waals surface area contributed by atoms with Crippen molar-refractivity contribution in [1.29, 1.82) is 0 Å². The van der Waals surface area contributed by atoms with Crippen LogP contribution in [0.2, 0.25) is 0 Å². The van der Waals surface area contributed by atoms with Crippen LogP contribution in [-0.4, -0.2) is 29.6 Å². The third-order valence-corrected chi connectivity index (χ3v) is 3.24. The fourth-order valence-corrected chi connectivity index (χ4v) is 2.06. The molecule has 5 nitrogen and oxygen atoms in total. The maximum absolute atomic E-state index is 11.9. The number of pyridine rings is 1. The molecule has 0 saturated carbocycles. The molecular formula is C18H27NO4. The van der Waals surface area contributed by atoms with E-state index in [1.807, 2.05) is 0 Å². The molecule has 0 saturated heterocycles. The molecule has 0 atom stereocenters. The highest BCUT2D eigenvalue weighted by Gasteiger charge is 2.15. The van der Waals surface area contributed by atoms with Gasteiger partial charge in [0.2, 0.25) is 0 Å². The van der Waals surface area contributed by atoms with E-state index in [2.05, 4.69) is 11.9 Å². The molecule has 1 rings (SSSR count). The zero-order chi connectivity index (χ0) is 17.1. The minimum Gasteiger partial charge on any atom is -0.461 e. The third kappa shape index (κ3) is 7.77. The lowest BCUT2D eigenvalue weighted by molar-refractivity contribution is 0.0370. The van der Waals surface area contributed by atoms with E-state index in [9.17, 15) is 9.59 Å². The van der Waals surface area contributed by atoms with Crippen molar-refractivity contribution in [2.45, 2.75) is 65.4 Å². The van der Waals surface area contributed by atoms with Crippen molar-refractivity contribution in [3.63, 3.8) is 0 Å². The van der Waals surface area contributed by atoms with E-state index >= 15 is 0 Å². The summed E-state index contributed by atoms with van der Waals surface area (Å²) in [6.45, 7) is 6.08. The molecule has 128 valence electrons. The molecule has 0 radical (unpaired) electrons. The Hall–Kier alpha value is -1.91. The lowest BCUT2D eigenvalue weighted by Crippen LogP contribution is -2.15. The predicted octanol–water partition coefficient (Wildman–Crippen LogP) is 4.16. The first-order valence-electron chi connectivity index (χ1n) is 8.39. The van der Waals surface area contributed by atoms with Crippen LogP contribution >= 0.6 is 0 Å². The smallest absolute Gasteiger partial charge is 0.357 e. The summed E-state index contributed by atoms with van der Waals surface area (Å²) >= 11 is 0. The first-order chi connectivity index (χ1) is 11.0. The van der Waals surface area contributed by atoms with Gasteiger partial charge in [-0.1, -0.05) is 45.1 Å². The number of aromatic nitrogens is 1. The number of carbonyl (C=O) groups excluding carboxylic acids is 2. The van der Waals surface area contributed by atoms with E-state index in [-0.39, 0.29) is 17.5 Å². The molecule has 0 aliphatic rings. The Labute approximate surface area is 138 Å². The van der Waals surface area contributed by atoms with Gasteiger partial charge in [-0.05, 0) is 32.4 Å². The first-order valence-corrected chi connectivity index (χ1v) is 8.39. The standard InChI is InChI=1S/C18H27NO4/c1-4-5-6-7-8-9-13-22-17(20)15-11-10-12-16(19-15)18(21)23-14(2)3/h10-12,14H,4-9,13H2,1-3H3. The summed E-state index contributed by atoms with van der Waals surface area (Å²) in [4.78, 5) is 27.7. The minimum atomic E-state index is -0.537. The molecule has 0 aliphatic heterocycles. The molecule has 5 heteroatoms. The van der Waals surface area contributed by atoms with Gasteiger partial charge in [-0.25, -0.2) is 14.6 Å². The van der Waals surface area contributed by atoms with Crippen molar-refractivity contribution >= 4 is 11.9 Å². The number of hydrogen-bond donors (Lipinski definition) is 0. The van der Waals surface area contributed by atoms with Crippen molar-refractivity contribution in [1.82, 2.24) is 4.98 Å². The molecule has 1 heterocycles. The molecule has 0 aliphatic carbocycles. The van der Waals surface area contributed by atoms with E-state index in [4.69, 9.17) is 9.47 Å². The van der Waals surface area contributed by atoms with Crippen molar-refractivity contribution in [2.75, 3.05) is 6.61 Å². The fraction of sp³-hybridized carbons (Fsp3) is 0.611. The van der Waals surface area contributed by atoms with Crippen LogP contribution in [0.15, 0.2) is 18.2 Å². The van der Waals surface area contributed by atoms with Crippen LogP contribution in [0.3, 0.4) is 0 Å². The van der Waals surface area contributed by atoms with Crippen LogP contribution in [-0.2, 0) is 9.47 Å². The fourth-order valence-electron chi connectivity index (χ4n) is 2.06. The monoisotopic (exact) mass is 321 g/mol. The molecular weight excluding hydrogens is 294 g/mol. The Morgan fingerprint density at radius 1 is 1.00 bits per heavy atom. The molecule has 0 spiro atoms. The Morgan fingerprint density at radius 3 is 2.26 bits per heavy atom. The second-order valence-electron chi connectivity index (χ2n) is 5.77. The molecule has 1 aromatic heterocycles. The van der Waals surface area contributed by atoms with E-state index in [0.29, 0.717) is 6.61 Å². The van der Waals surface area contributed by atoms with Crippen LogP contribution < -0.4 is 0 Å². The Balaban J connectivity index is 2.40. The molecule has 0 N–H and O–H groups in total. The summed E-state index contributed by atoms with van der Waals surface area (Å²) in [5.41, 5.74) is 0.252. The van der Waals surface area contributed by atoms with Crippen LogP contribution in [0.25, 0.3) is 0 Å². The third-order valence-electron chi connectivity index (χ3n) is 3.24. The number of carbonyl (C=O) groups is 2. The van der Waals surface area contributed by atoms with Gasteiger partial charge in [0.15, 0.2) is 0 Å². The molecule has 1 aromatic rings. The quantitative estimate of drug-likeness (QED) is 0.478. The van der Waals surface area contributed by atoms with Gasteiger partial charge in [-0.15, -0.1) is 0 Å². The summed E-state index contributed by atoms with van der Waals surface area (Å²) in [6, 6.07) is 4.66. The van der Waals surface area contributed by atoms with E-state index in [0.717, 1.165) is 12.8 Å². The summed E-state index contributed by atoms with van der Waals surface area (Å²) in [5, 5.41) is 0. The second-order valence-corrected chi connectivity index (χ2v) is 5.77. The van der Waals surface area contributed by atoms with Gasteiger partial charge >= 0.3 is 11.9 Å². The summed E-state index contributed by atoms with van der Waals surface area (Å²) in [5.74, 6) is -1.04. The maximum Gasteiger partial charge on any atom is 0.357 e. The van der Waals surface area contributed by atoms with Crippen molar-refractivity contribution in [3.8, 4) is 0 Å². The lowest BCUT2D eigenvalue weighted by atomic mass is 10.1. The SMILES string of the molecule is CCCCCCCCOC(=O)c1cccc(C(=O)OC(C)C)n1. The zero-order valence-electron chi connectivity index (χ0n) is 14.3. The lowest BCUT2D eigenvalue weighted by Gasteiger charge is -2.08. The van der Waals surface area contributed by atoms with Crippen LogP contribution in [0.1, 0.15) is 80.3 Å². The summed E-state index contributed by atoms with van der Waals surface area (Å²) in [7, 11) is 0. The van der Waals surface area contributed by atoms with E-state index in [1.54, 1.807) is 19.9 Å². The molecule has 0 amide bonds. The van der Waals surface area contributed by atoms with Crippen LogP contribution in [0.5, 0.6) is 0 Å². The molecule has 23 heavy (non-hydrogen) atoms.